The zero-order chi connectivity index (χ0) is 13.5. The van der Waals surface area contributed by atoms with Gasteiger partial charge in [-0.2, -0.15) is 0 Å². The second kappa shape index (κ2) is 8.06. The Morgan fingerprint density at radius 3 is 1.94 bits per heavy atom. The van der Waals surface area contributed by atoms with E-state index in [1.165, 1.54) is 0 Å². The van der Waals surface area contributed by atoms with Crippen LogP contribution in [0.15, 0.2) is 0 Å². The third-order valence-corrected chi connectivity index (χ3v) is 2.88. The summed E-state index contributed by atoms with van der Waals surface area (Å²) in [6.07, 6.45) is 1.81. The predicted octanol–water partition coefficient (Wildman–Crippen LogP) is 2.09. The molecule has 0 aromatic heterocycles. The number of aliphatic hydroxyl groups is 1. The molecule has 0 aromatic carbocycles. The Bertz CT molecular complexity index is 181. The van der Waals surface area contributed by atoms with Gasteiger partial charge < -0.3 is 15.7 Å². The van der Waals surface area contributed by atoms with Gasteiger partial charge in [0.05, 0.1) is 5.60 Å². The summed E-state index contributed by atoms with van der Waals surface area (Å²) >= 11 is 0. The monoisotopic (exact) mass is 244 g/mol. The van der Waals surface area contributed by atoms with Crippen LogP contribution in [0.25, 0.3) is 0 Å². The van der Waals surface area contributed by atoms with Crippen molar-refractivity contribution in [2.24, 2.45) is 17.6 Å². The van der Waals surface area contributed by atoms with E-state index in [4.69, 9.17) is 5.73 Å². The second-order valence-corrected chi connectivity index (χ2v) is 6.35. The molecule has 1 unspecified atom stereocenters. The molecule has 0 spiro atoms. The molecule has 0 rings (SSSR count). The highest BCUT2D eigenvalue weighted by Gasteiger charge is 2.18. The second-order valence-electron chi connectivity index (χ2n) is 6.35. The third-order valence-electron chi connectivity index (χ3n) is 2.88. The van der Waals surface area contributed by atoms with Gasteiger partial charge in [-0.1, -0.05) is 27.7 Å². The van der Waals surface area contributed by atoms with Crippen LogP contribution in [0.5, 0.6) is 0 Å². The van der Waals surface area contributed by atoms with Crippen LogP contribution in [0, 0.1) is 11.8 Å². The van der Waals surface area contributed by atoms with E-state index in [0.717, 1.165) is 32.5 Å². The van der Waals surface area contributed by atoms with Gasteiger partial charge in [-0.15, -0.1) is 0 Å². The van der Waals surface area contributed by atoms with Crippen LogP contribution in [0.2, 0.25) is 0 Å². The molecule has 3 nitrogen and oxygen atoms in total. The molecule has 0 bridgehead atoms. The summed E-state index contributed by atoms with van der Waals surface area (Å²) in [5.41, 5.74) is 4.83. The average Bonchev–Trinajstić information content (AvgIpc) is 2.15. The van der Waals surface area contributed by atoms with Crippen LogP contribution in [-0.4, -0.2) is 41.8 Å². The van der Waals surface area contributed by atoms with Gasteiger partial charge in [-0.25, -0.2) is 0 Å². The highest BCUT2D eigenvalue weighted by Crippen LogP contribution is 2.12. The molecular formula is C14H32N2O. The Morgan fingerprint density at radius 2 is 1.59 bits per heavy atom. The Morgan fingerprint density at radius 1 is 1.12 bits per heavy atom. The van der Waals surface area contributed by atoms with Crippen LogP contribution >= 0.6 is 0 Å². The Kier molecular flexibility index (Phi) is 8.01. The first-order chi connectivity index (χ1) is 7.76. The lowest BCUT2D eigenvalue weighted by molar-refractivity contribution is 0.0534. The maximum Gasteiger partial charge on any atom is 0.0741 e. The van der Waals surface area contributed by atoms with E-state index in [9.17, 15) is 5.11 Å². The van der Waals surface area contributed by atoms with Gasteiger partial charge in [0.1, 0.15) is 0 Å². The Labute approximate surface area is 107 Å². The highest BCUT2D eigenvalue weighted by atomic mass is 16.3. The number of hydrogen-bond donors (Lipinski definition) is 2. The summed E-state index contributed by atoms with van der Waals surface area (Å²) < 4.78 is 0. The maximum atomic E-state index is 9.86. The van der Waals surface area contributed by atoms with Crippen molar-refractivity contribution in [1.82, 2.24) is 4.90 Å². The van der Waals surface area contributed by atoms with Crippen molar-refractivity contribution < 1.29 is 5.11 Å². The fourth-order valence-electron chi connectivity index (χ4n) is 2.08. The third kappa shape index (κ3) is 9.57. The molecule has 0 saturated heterocycles. The van der Waals surface area contributed by atoms with Gasteiger partial charge in [0.2, 0.25) is 0 Å². The minimum atomic E-state index is -0.693. The van der Waals surface area contributed by atoms with Crippen molar-refractivity contribution in [3.05, 3.63) is 0 Å². The molecule has 1 atom stereocenters. The van der Waals surface area contributed by atoms with Crippen molar-refractivity contribution in [1.29, 1.82) is 0 Å². The van der Waals surface area contributed by atoms with Crippen molar-refractivity contribution in [3.63, 3.8) is 0 Å². The van der Waals surface area contributed by atoms with Crippen molar-refractivity contribution in [3.8, 4) is 0 Å². The molecular weight excluding hydrogens is 212 g/mol. The average molecular weight is 244 g/mol. The summed E-state index contributed by atoms with van der Waals surface area (Å²) in [7, 11) is 0. The molecule has 0 aliphatic carbocycles. The molecule has 3 N–H and O–H groups in total. The van der Waals surface area contributed by atoms with E-state index in [0.29, 0.717) is 18.4 Å². The van der Waals surface area contributed by atoms with Crippen molar-refractivity contribution in [2.75, 3.05) is 26.2 Å². The van der Waals surface area contributed by atoms with Gasteiger partial charge in [0.25, 0.3) is 0 Å². The van der Waals surface area contributed by atoms with Crippen LogP contribution in [0.3, 0.4) is 0 Å². The number of hydrogen-bond acceptors (Lipinski definition) is 3. The van der Waals surface area contributed by atoms with Crippen molar-refractivity contribution in [2.45, 2.75) is 53.1 Å². The molecule has 0 radical (unpaired) electrons. The zero-order valence-electron chi connectivity index (χ0n) is 12.4. The van der Waals surface area contributed by atoms with E-state index in [-0.39, 0.29) is 0 Å². The zero-order valence-corrected chi connectivity index (χ0v) is 12.4. The number of rotatable bonds is 9. The summed E-state index contributed by atoms with van der Waals surface area (Å²) in [5, 5.41) is 9.86. The van der Waals surface area contributed by atoms with E-state index in [2.05, 4.69) is 32.6 Å². The first-order valence-electron chi connectivity index (χ1n) is 6.91. The standard InChI is InChI=1S/C14H32N2O/c1-12(2)9-16(10-13(3)4)8-6-7-14(5,17)11-15/h12-13,17H,6-11,15H2,1-5H3. The topological polar surface area (TPSA) is 49.5 Å². The van der Waals surface area contributed by atoms with Crippen LogP contribution in [0.4, 0.5) is 0 Å². The van der Waals surface area contributed by atoms with Gasteiger partial charge in [-0.05, 0) is 38.1 Å². The van der Waals surface area contributed by atoms with Crippen molar-refractivity contribution >= 4 is 0 Å². The lowest BCUT2D eigenvalue weighted by atomic mass is 10.00. The molecule has 0 aliphatic heterocycles. The summed E-state index contributed by atoms with van der Waals surface area (Å²) in [6, 6.07) is 0. The normalized spacial score (nSPS) is 15.9. The molecule has 17 heavy (non-hydrogen) atoms. The molecule has 0 heterocycles. The molecule has 104 valence electrons. The summed E-state index contributed by atoms with van der Waals surface area (Å²) in [6.45, 7) is 14.5. The van der Waals surface area contributed by atoms with Gasteiger partial charge >= 0.3 is 0 Å². The van der Waals surface area contributed by atoms with Crippen LogP contribution < -0.4 is 5.73 Å². The summed E-state index contributed by atoms with van der Waals surface area (Å²) in [4.78, 5) is 2.50. The Hall–Kier alpha value is -0.120. The first kappa shape index (κ1) is 16.9. The number of nitrogens with zero attached hydrogens (tertiary/aromatic N) is 1. The quantitative estimate of drug-likeness (QED) is 0.653. The van der Waals surface area contributed by atoms with Crippen LogP contribution in [-0.2, 0) is 0 Å². The summed E-state index contributed by atoms with van der Waals surface area (Å²) in [5.74, 6) is 1.40. The molecule has 0 amide bonds. The molecule has 0 aliphatic rings. The number of nitrogens with two attached hydrogens (primary N) is 1. The fourth-order valence-corrected chi connectivity index (χ4v) is 2.08. The minimum Gasteiger partial charge on any atom is -0.389 e. The molecule has 0 aromatic rings. The van der Waals surface area contributed by atoms with E-state index >= 15 is 0 Å². The van der Waals surface area contributed by atoms with E-state index in [1.807, 2.05) is 6.92 Å². The molecule has 0 fully saturated rings. The smallest absolute Gasteiger partial charge is 0.0741 e. The maximum absolute atomic E-state index is 9.86. The first-order valence-corrected chi connectivity index (χ1v) is 6.91. The largest absolute Gasteiger partial charge is 0.389 e. The lowest BCUT2D eigenvalue weighted by Gasteiger charge is -2.28. The highest BCUT2D eigenvalue weighted by molar-refractivity contribution is 4.74. The lowest BCUT2D eigenvalue weighted by Crippen LogP contribution is -2.37. The van der Waals surface area contributed by atoms with Crippen LogP contribution in [0.1, 0.15) is 47.5 Å². The molecule has 3 heteroatoms. The fraction of sp³-hybridized carbons (Fsp3) is 1.00. The SMILES string of the molecule is CC(C)CN(CCCC(C)(O)CN)CC(C)C. The molecule has 0 saturated carbocycles. The van der Waals surface area contributed by atoms with E-state index in [1.54, 1.807) is 0 Å². The Balaban J connectivity index is 3.99. The van der Waals surface area contributed by atoms with E-state index < -0.39 is 5.60 Å². The van der Waals surface area contributed by atoms with Gasteiger partial charge in [0.15, 0.2) is 0 Å². The minimum absolute atomic E-state index is 0.349. The van der Waals surface area contributed by atoms with Gasteiger partial charge in [-0.3, -0.25) is 0 Å². The predicted molar refractivity (Wildman–Crippen MR) is 75.0 cm³/mol. The van der Waals surface area contributed by atoms with Gasteiger partial charge in [0, 0.05) is 19.6 Å².